The summed E-state index contributed by atoms with van der Waals surface area (Å²) in [6.07, 6.45) is 0. The molecule has 0 unspecified atom stereocenters. The summed E-state index contributed by atoms with van der Waals surface area (Å²) >= 11 is 3.21. The molecular formula is C3H6F2S. The van der Waals surface area contributed by atoms with Crippen LogP contribution in [0.25, 0.3) is 0 Å². The molecule has 0 spiro atoms. The molecule has 38 valence electrons. The Balaban J connectivity index is 3.17. The highest BCUT2D eigenvalue weighted by Gasteiger charge is 2.14. The predicted octanol–water partition coefficient (Wildman–Crippen LogP) is 1.57. The van der Waals surface area contributed by atoms with Crippen LogP contribution < -0.4 is 0 Å². The van der Waals surface area contributed by atoms with Crippen molar-refractivity contribution in [3.05, 3.63) is 0 Å². The first-order valence-electron chi connectivity index (χ1n) is 1.53. The standard InChI is InChI=1S/C3H6F2S/c1-3(5,6)2-4/h6H,2H2,1H3/t3-/m1/s1. The van der Waals surface area contributed by atoms with Crippen molar-refractivity contribution < 1.29 is 8.78 Å². The van der Waals surface area contributed by atoms with E-state index in [2.05, 4.69) is 12.6 Å². The zero-order valence-corrected chi connectivity index (χ0v) is 4.30. The predicted molar refractivity (Wildman–Crippen MR) is 24.5 cm³/mol. The van der Waals surface area contributed by atoms with Gasteiger partial charge in [-0.05, 0) is 6.92 Å². The zero-order valence-electron chi connectivity index (χ0n) is 3.41. The van der Waals surface area contributed by atoms with E-state index in [4.69, 9.17) is 0 Å². The minimum absolute atomic E-state index is 1.03. The lowest BCUT2D eigenvalue weighted by molar-refractivity contribution is 0.248. The Bertz CT molecular complexity index is 38.5. The lowest BCUT2D eigenvalue weighted by Gasteiger charge is -2.03. The lowest BCUT2D eigenvalue weighted by Crippen LogP contribution is -2.09. The normalized spacial score (nSPS) is 20.0. The summed E-state index contributed by atoms with van der Waals surface area (Å²) in [4.78, 5) is 0. The molecule has 0 aromatic carbocycles. The van der Waals surface area contributed by atoms with E-state index in [1.54, 1.807) is 0 Å². The molecule has 6 heavy (non-hydrogen) atoms. The van der Waals surface area contributed by atoms with Crippen LogP contribution in [0.2, 0.25) is 0 Å². The van der Waals surface area contributed by atoms with Gasteiger partial charge in [0.05, 0.1) is 0 Å². The van der Waals surface area contributed by atoms with Gasteiger partial charge in [0.2, 0.25) is 0 Å². The molecule has 0 bridgehead atoms. The van der Waals surface area contributed by atoms with Gasteiger partial charge in [0, 0.05) is 0 Å². The topological polar surface area (TPSA) is 0 Å². The third-order valence-corrected chi connectivity index (χ3v) is 0.363. The molecular weight excluding hydrogens is 106 g/mol. The van der Waals surface area contributed by atoms with Gasteiger partial charge in [0.25, 0.3) is 0 Å². The number of thiol groups is 1. The zero-order chi connectivity index (χ0) is 5.21. The molecule has 0 N–H and O–H groups in total. The number of rotatable bonds is 1. The number of alkyl halides is 2. The molecule has 0 fully saturated rings. The molecule has 1 atom stereocenters. The fraction of sp³-hybridized carbons (Fsp3) is 1.00. The molecule has 0 radical (unpaired) electrons. The Morgan fingerprint density at radius 1 is 1.83 bits per heavy atom. The molecule has 0 aliphatic carbocycles. The van der Waals surface area contributed by atoms with E-state index >= 15 is 0 Å². The van der Waals surface area contributed by atoms with Crippen LogP contribution in [-0.2, 0) is 0 Å². The average molecular weight is 112 g/mol. The Hall–Kier alpha value is 0.210. The van der Waals surface area contributed by atoms with Gasteiger partial charge in [-0.3, -0.25) is 0 Å². The van der Waals surface area contributed by atoms with Gasteiger partial charge in [-0.15, -0.1) is 12.6 Å². The average Bonchev–Trinajstić information content (AvgIpc) is 1.35. The van der Waals surface area contributed by atoms with E-state index in [1.165, 1.54) is 0 Å². The third-order valence-electron chi connectivity index (χ3n) is 0.244. The highest BCUT2D eigenvalue weighted by Crippen LogP contribution is 2.13. The van der Waals surface area contributed by atoms with E-state index in [0.717, 1.165) is 6.92 Å². The summed E-state index contributed by atoms with van der Waals surface area (Å²) < 4.78 is 22.7. The van der Waals surface area contributed by atoms with Crippen LogP contribution in [0.15, 0.2) is 0 Å². The third kappa shape index (κ3) is 4.21. The van der Waals surface area contributed by atoms with Gasteiger partial charge in [-0.25, -0.2) is 8.78 Å². The van der Waals surface area contributed by atoms with Crippen LogP contribution in [0, 0.1) is 0 Å². The SMILES string of the molecule is C[C@@](F)(S)CF. The van der Waals surface area contributed by atoms with Crippen molar-refractivity contribution in [1.29, 1.82) is 0 Å². The lowest BCUT2D eigenvalue weighted by atomic mass is 10.5. The van der Waals surface area contributed by atoms with E-state index in [0.29, 0.717) is 0 Å². The first-order valence-corrected chi connectivity index (χ1v) is 1.98. The Morgan fingerprint density at radius 3 is 2.00 bits per heavy atom. The molecule has 0 rings (SSSR count). The Labute approximate surface area is 41.0 Å². The summed E-state index contributed by atoms with van der Waals surface area (Å²) in [6.45, 7) is 0.0340. The molecule has 0 nitrogen and oxygen atoms in total. The maximum atomic E-state index is 11.6. The van der Waals surface area contributed by atoms with Crippen molar-refractivity contribution in [2.24, 2.45) is 0 Å². The first kappa shape index (κ1) is 6.21. The van der Waals surface area contributed by atoms with Gasteiger partial charge in [-0.1, -0.05) is 0 Å². The first-order chi connectivity index (χ1) is 2.56. The van der Waals surface area contributed by atoms with E-state index in [9.17, 15) is 8.78 Å². The van der Waals surface area contributed by atoms with Crippen LogP contribution in [0.5, 0.6) is 0 Å². The summed E-state index contributed by atoms with van der Waals surface area (Å²) in [5.41, 5.74) is 0. The minimum Gasteiger partial charge on any atom is -0.247 e. The molecule has 3 heteroatoms. The fourth-order valence-electron chi connectivity index (χ4n) is 0. The molecule has 0 saturated carbocycles. The van der Waals surface area contributed by atoms with E-state index in [1.807, 2.05) is 0 Å². The van der Waals surface area contributed by atoms with Crippen molar-refractivity contribution in [1.82, 2.24) is 0 Å². The van der Waals surface area contributed by atoms with Crippen molar-refractivity contribution in [3.8, 4) is 0 Å². The van der Waals surface area contributed by atoms with Crippen molar-refractivity contribution >= 4 is 12.6 Å². The maximum absolute atomic E-state index is 11.6. The highest BCUT2D eigenvalue weighted by molar-refractivity contribution is 7.81. The second-order valence-corrected chi connectivity index (χ2v) is 2.21. The van der Waals surface area contributed by atoms with Crippen LogP contribution in [-0.4, -0.2) is 11.7 Å². The second kappa shape index (κ2) is 1.78. The maximum Gasteiger partial charge on any atom is 0.178 e. The molecule has 0 aliphatic heterocycles. The Morgan fingerprint density at radius 2 is 2.00 bits per heavy atom. The number of hydrogen-bond acceptors (Lipinski definition) is 1. The minimum atomic E-state index is -1.93. The summed E-state index contributed by atoms with van der Waals surface area (Å²) in [7, 11) is 0. The molecule has 0 aromatic heterocycles. The van der Waals surface area contributed by atoms with Gasteiger partial charge < -0.3 is 0 Å². The largest absolute Gasteiger partial charge is 0.247 e. The molecule has 0 aromatic rings. The van der Waals surface area contributed by atoms with Gasteiger partial charge in [-0.2, -0.15) is 0 Å². The van der Waals surface area contributed by atoms with Crippen LogP contribution >= 0.6 is 12.6 Å². The highest BCUT2D eigenvalue weighted by atomic mass is 32.1. The summed E-state index contributed by atoms with van der Waals surface area (Å²) in [5, 5.41) is -1.93. The number of hydrogen-bond donors (Lipinski definition) is 1. The van der Waals surface area contributed by atoms with Crippen LogP contribution in [0.1, 0.15) is 6.92 Å². The van der Waals surface area contributed by atoms with Crippen LogP contribution in [0.4, 0.5) is 8.78 Å². The van der Waals surface area contributed by atoms with E-state index in [-0.39, 0.29) is 0 Å². The van der Waals surface area contributed by atoms with Gasteiger partial charge in [0.15, 0.2) is 5.00 Å². The van der Waals surface area contributed by atoms with Crippen LogP contribution in [0.3, 0.4) is 0 Å². The monoisotopic (exact) mass is 112 g/mol. The molecule has 0 aliphatic rings. The van der Waals surface area contributed by atoms with E-state index < -0.39 is 11.7 Å². The molecule has 0 heterocycles. The number of halogens is 2. The van der Waals surface area contributed by atoms with Gasteiger partial charge in [0.1, 0.15) is 6.67 Å². The summed E-state index contributed by atoms with van der Waals surface area (Å²) in [5.74, 6) is 0. The van der Waals surface area contributed by atoms with Crippen molar-refractivity contribution in [3.63, 3.8) is 0 Å². The smallest absolute Gasteiger partial charge is 0.178 e. The molecule has 0 saturated heterocycles. The van der Waals surface area contributed by atoms with Crippen molar-refractivity contribution in [2.75, 3.05) is 6.67 Å². The summed E-state index contributed by atoms with van der Waals surface area (Å²) in [6, 6.07) is 0. The van der Waals surface area contributed by atoms with Crippen molar-refractivity contribution in [2.45, 2.75) is 11.9 Å². The fourth-order valence-corrected chi connectivity index (χ4v) is 0. The van der Waals surface area contributed by atoms with Gasteiger partial charge >= 0.3 is 0 Å². The quantitative estimate of drug-likeness (QED) is 0.489. The molecule has 0 amide bonds. The second-order valence-electron chi connectivity index (χ2n) is 1.28. The Kier molecular flexibility index (Phi) is 1.84.